The number of nitrogens with one attached hydrogen (secondary N) is 2. The van der Waals surface area contributed by atoms with Gasteiger partial charge in [-0.05, 0) is 12.1 Å². The van der Waals surface area contributed by atoms with E-state index in [2.05, 4.69) is 15.6 Å². The average Bonchev–Trinajstić information content (AvgIpc) is 2.37. The molecule has 0 saturated carbocycles. The molecule has 1 aromatic heterocycles. The molecule has 1 amide bonds. The molecule has 4 nitrogen and oxygen atoms in total. The second-order valence-corrected chi connectivity index (χ2v) is 4.17. The van der Waals surface area contributed by atoms with Crippen molar-refractivity contribution in [1.29, 1.82) is 0 Å². The van der Waals surface area contributed by atoms with Gasteiger partial charge in [0.1, 0.15) is 11.6 Å². The molecule has 2 N–H and O–H groups in total. The highest BCUT2D eigenvalue weighted by Gasteiger charge is 2.18. The van der Waals surface area contributed by atoms with Gasteiger partial charge in [-0.2, -0.15) is 0 Å². The summed E-state index contributed by atoms with van der Waals surface area (Å²) in [6, 6.07) is 3.94. The van der Waals surface area contributed by atoms with E-state index in [1.807, 2.05) is 0 Å². The third kappa shape index (κ3) is 2.12. The second kappa shape index (κ2) is 4.31. The summed E-state index contributed by atoms with van der Waals surface area (Å²) in [6.45, 7) is 0.124. The van der Waals surface area contributed by atoms with Crippen LogP contribution in [0, 0.1) is 11.6 Å². The van der Waals surface area contributed by atoms with Gasteiger partial charge in [-0.3, -0.25) is 9.78 Å². The van der Waals surface area contributed by atoms with Crippen LogP contribution >= 0.6 is 0 Å². The third-order valence-corrected chi connectivity index (χ3v) is 2.84. The lowest BCUT2D eigenvalue weighted by atomic mass is 10.0. The molecule has 0 saturated heterocycles. The summed E-state index contributed by atoms with van der Waals surface area (Å²) in [4.78, 5) is 14.9. The van der Waals surface area contributed by atoms with Crippen LogP contribution in [0.4, 0.5) is 20.2 Å². The molecule has 0 unspecified atom stereocenters. The minimum absolute atomic E-state index is 0.124. The number of amides is 1. The van der Waals surface area contributed by atoms with Crippen LogP contribution in [0.5, 0.6) is 0 Å². The van der Waals surface area contributed by atoms with Gasteiger partial charge in [-0.25, -0.2) is 8.78 Å². The maximum absolute atomic E-state index is 14.0. The first-order valence-corrected chi connectivity index (χ1v) is 5.61. The van der Waals surface area contributed by atoms with Crippen LogP contribution < -0.4 is 10.6 Å². The van der Waals surface area contributed by atoms with E-state index in [0.29, 0.717) is 16.9 Å². The topological polar surface area (TPSA) is 54.0 Å². The summed E-state index contributed by atoms with van der Waals surface area (Å²) < 4.78 is 27.1. The van der Waals surface area contributed by atoms with Crippen molar-refractivity contribution >= 4 is 17.3 Å². The van der Waals surface area contributed by atoms with Gasteiger partial charge >= 0.3 is 0 Å². The molecule has 2 heterocycles. The largest absolute Gasteiger partial charge is 0.374 e. The molecular formula is C13H9F2N3O. The van der Waals surface area contributed by atoms with Gasteiger partial charge in [0.25, 0.3) is 0 Å². The summed E-state index contributed by atoms with van der Waals surface area (Å²) in [5.74, 6) is -1.31. The molecule has 1 aromatic carbocycles. The molecule has 96 valence electrons. The Morgan fingerprint density at radius 2 is 1.95 bits per heavy atom. The Morgan fingerprint density at radius 1 is 1.11 bits per heavy atom. The predicted molar refractivity (Wildman–Crippen MR) is 66.7 cm³/mol. The van der Waals surface area contributed by atoms with Crippen molar-refractivity contribution in [2.75, 3.05) is 17.2 Å². The Balaban J connectivity index is 2.11. The first-order chi connectivity index (χ1) is 9.13. The summed E-state index contributed by atoms with van der Waals surface area (Å²) in [5.41, 5.74) is 1.55. The van der Waals surface area contributed by atoms with Gasteiger partial charge in [0.15, 0.2) is 0 Å². The zero-order valence-corrected chi connectivity index (χ0v) is 9.71. The van der Waals surface area contributed by atoms with E-state index in [1.165, 1.54) is 24.4 Å². The minimum atomic E-state index is -0.546. The van der Waals surface area contributed by atoms with Crippen molar-refractivity contribution in [3.05, 3.63) is 42.2 Å². The average molecular weight is 261 g/mol. The monoisotopic (exact) mass is 261 g/mol. The molecule has 0 spiro atoms. The molecule has 0 fully saturated rings. The van der Waals surface area contributed by atoms with Crippen molar-refractivity contribution in [3.8, 4) is 11.1 Å². The van der Waals surface area contributed by atoms with Gasteiger partial charge in [-0.15, -0.1) is 0 Å². The number of rotatable bonds is 1. The summed E-state index contributed by atoms with van der Waals surface area (Å²) in [5, 5.41) is 5.43. The van der Waals surface area contributed by atoms with E-state index >= 15 is 0 Å². The van der Waals surface area contributed by atoms with Gasteiger partial charge in [0.2, 0.25) is 5.91 Å². The van der Waals surface area contributed by atoms with Crippen molar-refractivity contribution in [2.45, 2.75) is 0 Å². The zero-order valence-electron chi connectivity index (χ0n) is 9.71. The fourth-order valence-electron chi connectivity index (χ4n) is 1.97. The molecular weight excluding hydrogens is 252 g/mol. The lowest BCUT2D eigenvalue weighted by Crippen LogP contribution is -2.27. The Bertz CT molecular complexity index is 673. The smallest absolute Gasteiger partial charge is 0.243 e. The lowest BCUT2D eigenvalue weighted by Gasteiger charge is -2.20. The molecule has 6 heteroatoms. The molecule has 0 bridgehead atoms. The number of anilines is 2. The van der Waals surface area contributed by atoms with Crippen LogP contribution in [0.2, 0.25) is 0 Å². The number of hydrogen-bond acceptors (Lipinski definition) is 3. The van der Waals surface area contributed by atoms with Crippen LogP contribution in [0.25, 0.3) is 11.1 Å². The van der Waals surface area contributed by atoms with E-state index in [-0.39, 0.29) is 18.0 Å². The van der Waals surface area contributed by atoms with Crippen LogP contribution in [-0.2, 0) is 4.79 Å². The number of aromatic nitrogens is 1. The molecule has 0 aliphatic carbocycles. The quantitative estimate of drug-likeness (QED) is 0.828. The number of carbonyl (C=O) groups is 1. The minimum Gasteiger partial charge on any atom is -0.374 e. The lowest BCUT2D eigenvalue weighted by molar-refractivity contribution is -0.114. The SMILES string of the molecule is O=C1CNc2cc(-c3cncc(F)c3)c(F)cc2N1. The molecule has 1 aliphatic rings. The fourth-order valence-corrected chi connectivity index (χ4v) is 1.97. The number of carbonyl (C=O) groups excluding carboxylic acids is 1. The van der Waals surface area contributed by atoms with Crippen LogP contribution in [0.1, 0.15) is 0 Å². The zero-order chi connectivity index (χ0) is 13.4. The fraction of sp³-hybridized carbons (Fsp3) is 0.0769. The number of benzene rings is 1. The molecule has 19 heavy (non-hydrogen) atoms. The molecule has 3 rings (SSSR count). The standard InChI is InChI=1S/C13H9F2N3O/c14-8-1-7(4-16-5-8)9-2-11-12(3-10(9)15)18-13(19)6-17-11/h1-5,17H,6H2,(H,18,19). The Labute approximate surface area is 107 Å². The predicted octanol–water partition coefficient (Wildman–Crippen LogP) is 2.39. The Hall–Kier alpha value is -2.50. The number of halogens is 2. The number of pyridine rings is 1. The first kappa shape index (κ1) is 11.6. The van der Waals surface area contributed by atoms with Gasteiger partial charge < -0.3 is 10.6 Å². The molecule has 2 aromatic rings. The van der Waals surface area contributed by atoms with E-state index in [1.54, 1.807) is 0 Å². The van der Waals surface area contributed by atoms with E-state index in [9.17, 15) is 13.6 Å². The number of fused-ring (bicyclic) bond motifs is 1. The highest BCUT2D eigenvalue weighted by atomic mass is 19.1. The molecule has 1 aliphatic heterocycles. The maximum atomic E-state index is 14.0. The van der Waals surface area contributed by atoms with Gasteiger partial charge in [-0.1, -0.05) is 0 Å². The highest BCUT2D eigenvalue weighted by Crippen LogP contribution is 2.33. The van der Waals surface area contributed by atoms with Crippen LogP contribution in [0.3, 0.4) is 0 Å². The second-order valence-electron chi connectivity index (χ2n) is 4.17. The van der Waals surface area contributed by atoms with E-state index < -0.39 is 11.6 Å². The first-order valence-electron chi connectivity index (χ1n) is 5.61. The summed E-state index contributed by atoms with van der Waals surface area (Å²) >= 11 is 0. The van der Waals surface area contributed by atoms with E-state index in [4.69, 9.17) is 0 Å². The Kier molecular flexibility index (Phi) is 2.63. The van der Waals surface area contributed by atoms with Crippen LogP contribution in [0.15, 0.2) is 30.6 Å². The number of nitrogens with zero attached hydrogens (tertiary/aromatic N) is 1. The van der Waals surface area contributed by atoms with Crippen molar-refractivity contribution in [3.63, 3.8) is 0 Å². The number of hydrogen-bond donors (Lipinski definition) is 2. The summed E-state index contributed by atoms with van der Waals surface area (Å²) in [6.07, 6.45) is 2.44. The molecule has 0 radical (unpaired) electrons. The van der Waals surface area contributed by atoms with Crippen molar-refractivity contribution in [1.82, 2.24) is 4.98 Å². The Morgan fingerprint density at radius 3 is 2.74 bits per heavy atom. The maximum Gasteiger partial charge on any atom is 0.243 e. The van der Waals surface area contributed by atoms with Crippen molar-refractivity contribution in [2.24, 2.45) is 0 Å². The van der Waals surface area contributed by atoms with Crippen molar-refractivity contribution < 1.29 is 13.6 Å². The highest BCUT2D eigenvalue weighted by molar-refractivity contribution is 6.01. The summed E-state index contributed by atoms with van der Waals surface area (Å²) in [7, 11) is 0. The van der Waals surface area contributed by atoms with Gasteiger partial charge in [0.05, 0.1) is 24.1 Å². The third-order valence-electron chi connectivity index (χ3n) is 2.84. The van der Waals surface area contributed by atoms with E-state index in [0.717, 1.165) is 6.20 Å². The molecule has 0 atom stereocenters. The van der Waals surface area contributed by atoms with Crippen LogP contribution in [-0.4, -0.2) is 17.4 Å². The normalized spacial score (nSPS) is 13.5. The van der Waals surface area contributed by atoms with Gasteiger partial charge in [0, 0.05) is 23.4 Å².